The van der Waals surface area contributed by atoms with E-state index in [1.807, 2.05) is 35.5 Å². The highest BCUT2D eigenvalue weighted by Gasteiger charge is 2.32. The van der Waals surface area contributed by atoms with Crippen LogP contribution in [0, 0.1) is 5.92 Å². The Balaban J connectivity index is 1.49. The summed E-state index contributed by atoms with van der Waals surface area (Å²) < 4.78 is 7.36. The number of hydrogen-bond acceptors (Lipinski definition) is 4. The van der Waals surface area contributed by atoms with Gasteiger partial charge in [0.05, 0.1) is 19.6 Å². The van der Waals surface area contributed by atoms with Gasteiger partial charge in [0.1, 0.15) is 12.1 Å². The largest absolute Gasteiger partial charge is 0.497 e. The molecule has 4 rings (SSSR count). The van der Waals surface area contributed by atoms with Crippen LogP contribution in [0.25, 0.3) is 0 Å². The summed E-state index contributed by atoms with van der Waals surface area (Å²) in [5, 5.41) is 8.52. The summed E-state index contributed by atoms with van der Waals surface area (Å²) in [6.07, 6.45) is 7.99. The highest BCUT2D eigenvalue weighted by molar-refractivity contribution is 5.79. The third-order valence-corrected chi connectivity index (χ3v) is 5.43. The average molecular weight is 354 g/mol. The number of piperidine rings is 1. The lowest BCUT2D eigenvalue weighted by molar-refractivity contribution is -0.134. The average Bonchev–Trinajstić information content (AvgIpc) is 3.37. The summed E-state index contributed by atoms with van der Waals surface area (Å²) in [6.45, 7) is 1.79. The zero-order chi connectivity index (χ0) is 17.9. The molecule has 1 aliphatic carbocycles. The lowest BCUT2D eigenvalue weighted by Gasteiger charge is -2.35. The molecule has 2 aliphatic rings. The molecule has 1 unspecified atom stereocenters. The van der Waals surface area contributed by atoms with E-state index >= 15 is 0 Å². The molecule has 1 saturated heterocycles. The first-order valence-corrected chi connectivity index (χ1v) is 9.54. The van der Waals surface area contributed by atoms with Crippen LogP contribution in [0.1, 0.15) is 49.5 Å². The van der Waals surface area contributed by atoms with Crippen molar-refractivity contribution in [2.24, 2.45) is 5.92 Å². The minimum Gasteiger partial charge on any atom is -0.497 e. The van der Waals surface area contributed by atoms with Crippen molar-refractivity contribution in [1.82, 2.24) is 19.7 Å². The number of benzene rings is 1. The number of methoxy groups -OCH3 is 1. The fourth-order valence-corrected chi connectivity index (χ4v) is 3.76. The quantitative estimate of drug-likeness (QED) is 0.800. The predicted octanol–water partition coefficient (Wildman–Crippen LogP) is 2.99. The number of aromatic nitrogens is 3. The first-order chi connectivity index (χ1) is 12.7. The predicted molar refractivity (Wildman–Crippen MR) is 97.7 cm³/mol. The standard InChI is InChI=1S/C20H26N4O2/c1-26-17-9-7-15(8-10-17)12-19(25)24-11-3-2-4-18(24)20-22-21-14-23(20)13-16-5-6-16/h7-10,14,16,18H,2-6,11-13H2,1H3. The molecule has 1 amide bonds. The van der Waals surface area contributed by atoms with Crippen molar-refractivity contribution in [3.63, 3.8) is 0 Å². The fourth-order valence-electron chi connectivity index (χ4n) is 3.76. The summed E-state index contributed by atoms with van der Waals surface area (Å²) in [4.78, 5) is 15.0. The van der Waals surface area contributed by atoms with Crippen molar-refractivity contribution in [1.29, 1.82) is 0 Å². The maximum absolute atomic E-state index is 13.0. The van der Waals surface area contributed by atoms with E-state index < -0.39 is 0 Å². The minimum absolute atomic E-state index is 0.0516. The fraction of sp³-hybridized carbons (Fsp3) is 0.550. The Labute approximate surface area is 154 Å². The van der Waals surface area contributed by atoms with Gasteiger partial charge in [0, 0.05) is 13.1 Å². The maximum Gasteiger partial charge on any atom is 0.227 e. The third kappa shape index (κ3) is 3.74. The third-order valence-electron chi connectivity index (χ3n) is 5.43. The second-order valence-electron chi connectivity index (χ2n) is 7.41. The molecule has 2 heterocycles. The Hall–Kier alpha value is -2.37. The van der Waals surface area contributed by atoms with Gasteiger partial charge in [0.2, 0.25) is 5.91 Å². The van der Waals surface area contributed by atoms with Gasteiger partial charge in [0.15, 0.2) is 5.82 Å². The van der Waals surface area contributed by atoms with Crippen LogP contribution in [-0.4, -0.2) is 39.2 Å². The van der Waals surface area contributed by atoms with Gasteiger partial charge in [-0.25, -0.2) is 0 Å². The molecule has 6 nitrogen and oxygen atoms in total. The van der Waals surface area contributed by atoms with Gasteiger partial charge in [0.25, 0.3) is 0 Å². The monoisotopic (exact) mass is 354 g/mol. The lowest BCUT2D eigenvalue weighted by atomic mass is 10.00. The zero-order valence-electron chi connectivity index (χ0n) is 15.3. The number of amides is 1. The molecule has 26 heavy (non-hydrogen) atoms. The molecule has 2 fully saturated rings. The van der Waals surface area contributed by atoms with E-state index in [0.717, 1.165) is 55.4 Å². The van der Waals surface area contributed by atoms with E-state index in [4.69, 9.17) is 4.74 Å². The summed E-state index contributed by atoms with van der Waals surface area (Å²) in [7, 11) is 1.65. The summed E-state index contributed by atoms with van der Waals surface area (Å²) >= 11 is 0. The van der Waals surface area contributed by atoms with E-state index in [0.29, 0.717) is 6.42 Å². The smallest absolute Gasteiger partial charge is 0.227 e. The van der Waals surface area contributed by atoms with Crippen LogP contribution in [0.3, 0.4) is 0 Å². The Kier molecular flexibility index (Phi) is 4.91. The van der Waals surface area contributed by atoms with Gasteiger partial charge in [-0.2, -0.15) is 0 Å². The van der Waals surface area contributed by atoms with Crippen molar-refractivity contribution in [3.05, 3.63) is 42.0 Å². The van der Waals surface area contributed by atoms with Gasteiger partial charge in [-0.3, -0.25) is 4.79 Å². The second kappa shape index (κ2) is 7.48. The summed E-state index contributed by atoms with van der Waals surface area (Å²) in [6, 6.07) is 7.79. The molecule has 1 aliphatic heterocycles. The van der Waals surface area contributed by atoms with Crippen molar-refractivity contribution in [3.8, 4) is 5.75 Å². The van der Waals surface area contributed by atoms with Crippen LogP contribution in [0.15, 0.2) is 30.6 Å². The van der Waals surface area contributed by atoms with E-state index in [1.54, 1.807) is 7.11 Å². The Morgan fingerprint density at radius 1 is 1.19 bits per heavy atom. The topological polar surface area (TPSA) is 60.2 Å². The molecule has 1 atom stereocenters. The van der Waals surface area contributed by atoms with E-state index in [1.165, 1.54) is 12.8 Å². The first kappa shape index (κ1) is 17.1. The molecule has 0 N–H and O–H groups in total. The molecule has 2 aromatic rings. The van der Waals surface area contributed by atoms with Crippen LogP contribution < -0.4 is 4.74 Å². The number of likely N-dealkylation sites (tertiary alicyclic amines) is 1. The van der Waals surface area contributed by atoms with Crippen LogP contribution >= 0.6 is 0 Å². The van der Waals surface area contributed by atoms with Crippen LogP contribution in [-0.2, 0) is 17.8 Å². The van der Waals surface area contributed by atoms with Gasteiger partial charge < -0.3 is 14.2 Å². The Bertz CT molecular complexity index is 751. The highest BCUT2D eigenvalue weighted by Crippen LogP contribution is 2.34. The van der Waals surface area contributed by atoms with Gasteiger partial charge >= 0.3 is 0 Å². The number of rotatable bonds is 6. The number of nitrogens with zero attached hydrogens (tertiary/aromatic N) is 4. The summed E-state index contributed by atoms with van der Waals surface area (Å²) in [5.41, 5.74) is 1.01. The van der Waals surface area contributed by atoms with E-state index in [-0.39, 0.29) is 11.9 Å². The van der Waals surface area contributed by atoms with Gasteiger partial charge in [-0.05, 0) is 55.7 Å². The second-order valence-corrected chi connectivity index (χ2v) is 7.41. The van der Waals surface area contributed by atoms with Gasteiger partial charge in [-0.1, -0.05) is 12.1 Å². The van der Waals surface area contributed by atoms with Crippen molar-refractivity contribution in [2.45, 2.75) is 51.1 Å². The molecule has 0 spiro atoms. The van der Waals surface area contributed by atoms with Crippen LogP contribution in [0.2, 0.25) is 0 Å². The molecule has 0 bridgehead atoms. The van der Waals surface area contributed by atoms with E-state index in [2.05, 4.69) is 14.8 Å². The molecule has 0 radical (unpaired) electrons. The normalized spacial score (nSPS) is 20.2. The Morgan fingerprint density at radius 2 is 2.00 bits per heavy atom. The van der Waals surface area contributed by atoms with Gasteiger partial charge in [-0.15, -0.1) is 10.2 Å². The maximum atomic E-state index is 13.0. The molecular formula is C20H26N4O2. The molecule has 6 heteroatoms. The highest BCUT2D eigenvalue weighted by atomic mass is 16.5. The first-order valence-electron chi connectivity index (χ1n) is 9.54. The number of ether oxygens (including phenoxy) is 1. The summed E-state index contributed by atoms with van der Waals surface area (Å²) in [5.74, 6) is 2.70. The van der Waals surface area contributed by atoms with E-state index in [9.17, 15) is 4.79 Å². The van der Waals surface area contributed by atoms with Crippen molar-refractivity contribution < 1.29 is 9.53 Å². The number of hydrogen-bond donors (Lipinski definition) is 0. The number of carbonyl (C=O) groups excluding carboxylic acids is 1. The molecular weight excluding hydrogens is 328 g/mol. The SMILES string of the molecule is COc1ccc(CC(=O)N2CCCCC2c2nncn2CC2CC2)cc1. The van der Waals surface area contributed by atoms with Crippen LogP contribution in [0.4, 0.5) is 0 Å². The van der Waals surface area contributed by atoms with Crippen LogP contribution in [0.5, 0.6) is 5.75 Å². The molecule has 1 aromatic carbocycles. The molecule has 1 saturated carbocycles. The van der Waals surface area contributed by atoms with Crippen molar-refractivity contribution in [2.75, 3.05) is 13.7 Å². The molecule has 1 aromatic heterocycles. The minimum atomic E-state index is 0.0516. The number of carbonyl (C=O) groups is 1. The lowest BCUT2D eigenvalue weighted by Crippen LogP contribution is -2.40. The molecule has 138 valence electrons. The van der Waals surface area contributed by atoms with Crippen molar-refractivity contribution >= 4 is 5.91 Å². The zero-order valence-corrected chi connectivity index (χ0v) is 15.3. The Morgan fingerprint density at radius 3 is 2.73 bits per heavy atom.